The van der Waals surface area contributed by atoms with Crippen LogP contribution >= 0.6 is 0 Å². The first-order valence-electron chi connectivity index (χ1n) is 7.11. The van der Waals surface area contributed by atoms with Crippen LogP contribution in [0.25, 0.3) is 5.52 Å². The van der Waals surface area contributed by atoms with Gasteiger partial charge >= 0.3 is 0 Å². The van der Waals surface area contributed by atoms with E-state index in [0.717, 1.165) is 17.6 Å². The molecule has 2 aromatic rings. The number of hydrogen-bond donors (Lipinski definition) is 3. The average Bonchev–Trinajstić information content (AvgIpc) is 2.90. The zero-order chi connectivity index (χ0) is 14.1. The highest BCUT2D eigenvalue weighted by Crippen LogP contribution is 2.29. The smallest absolute Gasteiger partial charge is 0.126 e. The summed E-state index contributed by atoms with van der Waals surface area (Å²) in [5, 5.41) is 19.7. The first-order chi connectivity index (χ1) is 9.66. The molecular formula is C14H20N6. The second-order valence-electron chi connectivity index (χ2n) is 5.57. The van der Waals surface area contributed by atoms with Gasteiger partial charge in [-0.2, -0.15) is 10.2 Å². The van der Waals surface area contributed by atoms with Gasteiger partial charge in [-0.05, 0) is 24.8 Å². The molecule has 2 aromatic heterocycles. The fraction of sp³-hybridized carbons (Fsp3) is 0.500. The van der Waals surface area contributed by atoms with Gasteiger partial charge in [0.05, 0.1) is 23.6 Å². The summed E-state index contributed by atoms with van der Waals surface area (Å²) in [5.41, 5.74) is 8.09. The molecule has 1 aliphatic carbocycles. The van der Waals surface area contributed by atoms with Crippen LogP contribution in [0.15, 0.2) is 18.5 Å². The van der Waals surface area contributed by atoms with E-state index < -0.39 is 0 Å². The summed E-state index contributed by atoms with van der Waals surface area (Å²) in [6.07, 6.45) is 8.27. The van der Waals surface area contributed by atoms with Crippen LogP contribution in [-0.4, -0.2) is 26.7 Å². The number of anilines is 1. The van der Waals surface area contributed by atoms with E-state index in [1.165, 1.54) is 19.3 Å². The van der Waals surface area contributed by atoms with Gasteiger partial charge in [0.1, 0.15) is 11.4 Å². The summed E-state index contributed by atoms with van der Waals surface area (Å²) in [7, 11) is 0. The van der Waals surface area contributed by atoms with E-state index in [-0.39, 0.29) is 5.84 Å². The molecule has 0 aromatic carbocycles. The van der Waals surface area contributed by atoms with Crippen LogP contribution in [0.3, 0.4) is 0 Å². The van der Waals surface area contributed by atoms with Crippen molar-refractivity contribution in [2.45, 2.75) is 38.6 Å². The van der Waals surface area contributed by atoms with Gasteiger partial charge < -0.3 is 11.1 Å². The molecule has 6 nitrogen and oxygen atoms in total. The van der Waals surface area contributed by atoms with E-state index in [2.05, 4.69) is 22.4 Å². The van der Waals surface area contributed by atoms with Crippen molar-refractivity contribution in [1.29, 1.82) is 5.41 Å². The first kappa shape index (κ1) is 12.9. The fourth-order valence-electron chi connectivity index (χ4n) is 2.96. The van der Waals surface area contributed by atoms with Crippen molar-refractivity contribution in [3.63, 3.8) is 0 Å². The van der Waals surface area contributed by atoms with Gasteiger partial charge in [-0.3, -0.25) is 5.41 Å². The Balaban J connectivity index is 2.01. The molecule has 0 spiro atoms. The molecule has 0 bridgehead atoms. The van der Waals surface area contributed by atoms with E-state index >= 15 is 0 Å². The van der Waals surface area contributed by atoms with Gasteiger partial charge in [-0.25, -0.2) is 0 Å². The van der Waals surface area contributed by atoms with E-state index in [9.17, 15) is 0 Å². The van der Waals surface area contributed by atoms with E-state index in [4.69, 9.17) is 11.1 Å². The minimum atomic E-state index is 0.0344. The van der Waals surface area contributed by atoms with Gasteiger partial charge in [0.15, 0.2) is 0 Å². The lowest BCUT2D eigenvalue weighted by molar-refractivity contribution is 0.349. The Morgan fingerprint density at radius 3 is 2.95 bits per heavy atom. The van der Waals surface area contributed by atoms with Gasteiger partial charge in [-0.15, -0.1) is 4.63 Å². The number of aromatic nitrogens is 3. The molecule has 1 aliphatic rings. The largest absolute Gasteiger partial charge is 0.384 e. The summed E-state index contributed by atoms with van der Waals surface area (Å²) in [4.78, 5) is 0. The number of hydrogen-bond acceptors (Lipinski definition) is 4. The van der Waals surface area contributed by atoms with Crippen LogP contribution in [-0.2, 0) is 0 Å². The van der Waals surface area contributed by atoms with E-state index in [0.29, 0.717) is 17.5 Å². The standard InChI is InChI=1S/C14H20N6/c1-9-4-2-3-5-11(9)19-13-10(14(15)16)8-18-20-12(13)6-7-17-20/h6-9,11,19H,2-5H2,1H3,(H3,15,16). The molecule has 2 unspecified atom stereocenters. The Morgan fingerprint density at radius 1 is 1.40 bits per heavy atom. The lowest BCUT2D eigenvalue weighted by Gasteiger charge is -2.31. The Hall–Kier alpha value is -2.11. The van der Waals surface area contributed by atoms with E-state index in [1.54, 1.807) is 17.0 Å². The van der Waals surface area contributed by atoms with Crippen molar-refractivity contribution in [3.8, 4) is 0 Å². The van der Waals surface area contributed by atoms with Crippen LogP contribution in [0.4, 0.5) is 5.69 Å². The van der Waals surface area contributed by atoms with Gasteiger partial charge in [0.25, 0.3) is 0 Å². The zero-order valence-corrected chi connectivity index (χ0v) is 11.6. The Labute approximate surface area is 117 Å². The molecule has 6 heteroatoms. The number of rotatable bonds is 3. The van der Waals surface area contributed by atoms with Crippen molar-refractivity contribution in [2.75, 3.05) is 5.32 Å². The highest BCUT2D eigenvalue weighted by molar-refractivity contribution is 6.03. The molecule has 2 heterocycles. The lowest BCUT2D eigenvalue weighted by Crippen LogP contribution is -2.31. The number of nitrogen functional groups attached to an aromatic ring is 1. The molecule has 1 fully saturated rings. The topological polar surface area (TPSA) is 92.1 Å². The average molecular weight is 272 g/mol. The first-order valence-corrected chi connectivity index (χ1v) is 7.11. The minimum absolute atomic E-state index is 0.0344. The van der Waals surface area contributed by atoms with Gasteiger partial charge in [-0.1, -0.05) is 19.8 Å². The SMILES string of the molecule is CC1CCCCC1Nc1c(C(=N)N)cnn2nccc12. The second kappa shape index (κ2) is 5.11. The maximum Gasteiger partial charge on any atom is 0.126 e. The van der Waals surface area contributed by atoms with Crippen molar-refractivity contribution >= 4 is 17.0 Å². The molecule has 0 amide bonds. The molecule has 2 atom stereocenters. The lowest BCUT2D eigenvalue weighted by atomic mass is 9.85. The summed E-state index contributed by atoms with van der Waals surface area (Å²) < 4.78 is 1.57. The third kappa shape index (κ3) is 2.21. The minimum Gasteiger partial charge on any atom is -0.384 e. The Bertz CT molecular complexity index is 632. The number of nitrogens with zero attached hydrogens (tertiary/aromatic N) is 3. The number of nitrogens with one attached hydrogen (secondary N) is 2. The zero-order valence-electron chi connectivity index (χ0n) is 11.6. The van der Waals surface area contributed by atoms with Crippen molar-refractivity contribution < 1.29 is 0 Å². The molecule has 3 rings (SSSR count). The fourth-order valence-corrected chi connectivity index (χ4v) is 2.96. The molecule has 106 valence electrons. The maximum atomic E-state index is 7.74. The molecule has 0 saturated heterocycles. The number of nitrogens with two attached hydrogens (primary N) is 1. The predicted octanol–water partition coefficient (Wildman–Crippen LogP) is 2.00. The normalized spacial score (nSPS) is 22.9. The number of fused-ring (bicyclic) bond motifs is 1. The molecule has 0 radical (unpaired) electrons. The van der Waals surface area contributed by atoms with Crippen molar-refractivity contribution in [2.24, 2.45) is 11.7 Å². The summed E-state index contributed by atoms with van der Waals surface area (Å²) in [5.74, 6) is 0.659. The molecule has 4 N–H and O–H groups in total. The monoisotopic (exact) mass is 272 g/mol. The van der Waals surface area contributed by atoms with Crippen molar-refractivity contribution in [1.82, 2.24) is 14.8 Å². The van der Waals surface area contributed by atoms with E-state index in [1.807, 2.05) is 6.07 Å². The van der Waals surface area contributed by atoms with Crippen LogP contribution in [0.2, 0.25) is 0 Å². The molecular weight excluding hydrogens is 252 g/mol. The maximum absolute atomic E-state index is 7.74. The molecule has 0 aliphatic heterocycles. The number of amidine groups is 1. The Morgan fingerprint density at radius 2 is 2.20 bits per heavy atom. The van der Waals surface area contributed by atoms with Gasteiger partial charge in [0.2, 0.25) is 0 Å². The highest BCUT2D eigenvalue weighted by Gasteiger charge is 2.23. The summed E-state index contributed by atoms with van der Waals surface area (Å²) in [6, 6.07) is 2.32. The summed E-state index contributed by atoms with van der Waals surface area (Å²) in [6.45, 7) is 2.28. The van der Waals surface area contributed by atoms with Crippen molar-refractivity contribution in [3.05, 3.63) is 24.0 Å². The predicted molar refractivity (Wildman–Crippen MR) is 79.0 cm³/mol. The third-order valence-corrected chi connectivity index (χ3v) is 4.18. The van der Waals surface area contributed by atoms with Crippen LogP contribution in [0.1, 0.15) is 38.2 Å². The van der Waals surface area contributed by atoms with Gasteiger partial charge in [0, 0.05) is 6.04 Å². The van der Waals surface area contributed by atoms with Crippen LogP contribution < -0.4 is 11.1 Å². The Kier molecular flexibility index (Phi) is 3.30. The second-order valence-corrected chi connectivity index (χ2v) is 5.57. The van der Waals surface area contributed by atoms with Crippen LogP contribution in [0, 0.1) is 11.3 Å². The highest BCUT2D eigenvalue weighted by atomic mass is 15.4. The molecule has 20 heavy (non-hydrogen) atoms. The quantitative estimate of drug-likeness (QED) is 0.588. The third-order valence-electron chi connectivity index (χ3n) is 4.18. The molecule has 1 saturated carbocycles. The summed E-state index contributed by atoms with van der Waals surface area (Å²) >= 11 is 0. The van der Waals surface area contributed by atoms with Crippen LogP contribution in [0.5, 0.6) is 0 Å².